The number of aryl methyl sites for hydroxylation is 1. The molecule has 0 unspecified atom stereocenters. The summed E-state index contributed by atoms with van der Waals surface area (Å²) in [6, 6.07) is 6.14. The number of benzene rings is 1. The molecule has 0 saturated carbocycles. The molecule has 3 heteroatoms. The lowest BCUT2D eigenvalue weighted by molar-refractivity contribution is 1.43. The molecule has 0 radical (unpaired) electrons. The summed E-state index contributed by atoms with van der Waals surface area (Å²) in [4.78, 5) is 1.01. The van der Waals surface area contributed by atoms with Gasteiger partial charge >= 0.3 is 0 Å². The molecule has 0 bridgehead atoms. The lowest BCUT2D eigenvalue weighted by Gasteiger charge is -1.96. The van der Waals surface area contributed by atoms with E-state index in [1.54, 1.807) is 11.3 Å². The van der Waals surface area contributed by atoms with Gasteiger partial charge in [-0.25, -0.2) is 0 Å². The molecule has 1 aromatic heterocycles. The van der Waals surface area contributed by atoms with Crippen molar-refractivity contribution in [3.8, 4) is 0 Å². The normalized spacial score (nSPS) is 10.9. The van der Waals surface area contributed by atoms with Crippen LogP contribution < -0.4 is 0 Å². The third kappa shape index (κ3) is 1.35. The molecule has 1 aromatic carbocycles. The molecule has 0 saturated heterocycles. The topological polar surface area (TPSA) is 0 Å². The summed E-state index contributed by atoms with van der Waals surface area (Å²) < 4.78 is 2.04. The fourth-order valence-corrected chi connectivity index (χ4v) is 2.96. The van der Waals surface area contributed by atoms with Crippen LogP contribution in [0.25, 0.3) is 10.1 Å². The van der Waals surface area contributed by atoms with Crippen LogP contribution >= 0.6 is 35.6 Å². The van der Waals surface area contributed by atoms with Gasteiger partial charge in [0.15, 0.2) is 0 Å². The Bertz CT molecular complexity index is 431. The fraction of sp³-hybridized carbons (Fsp3) is 0.111. The van der Waals surface area contributed by atoms with Crippen molar-refractivity contribution in [2.45, 2.75) is 11.8 Å². The summed E-state index contributed by atoms with van der Waals surface area (Å²) in [6.07, 6.45) is 0. The first-order valence-electron chi connectivity index (χ1n) is 3.55. The number of halogens is 1. The highest BCUT2D eigenvalue weighted by atomic mass is 35.5. The average Bonchev–Trinajstić information content (AvgIpc) is 2.29. The van der Waals surface area contributed by atoms with Gasteiger partial charge in [0.05, 0.1) is 4.34 Å². The smallest absolute Gasteiger partial charge is 0.0941 e. The van der Waals surface area contributed by atoms with Gasteiger partial charge in [-0.05, 0) is 30.7 Å². The molecule has 62 valence electrons. The van der Waals surface area contributed by atoms with Crippen molar-refractivity contribution < 1.29 is 0 Å². The maximum atomic E-state index is 5.89. The summed E-state index contributed by atoms with van der Waals surface area (Å²) in [5.74, 6) is 0. The Kier molecular flexibility index (Phi) is 2.07. The summed E-state index contributed by atoms with van der Waals surface area (Å²) >= 11 is 11.9. The van der Waals surface area contributed by atoms with Crippen molar-refractivity contribution in [1.29, 1.82) is 0 Å². The van der Waals surface area contributed by atoms with E-state index >= 15 is 0 Å². The first kappa shape index (κ1) is 8.42. The number of hydrogen-bond donors (Lipinski definition) is 1. The van der Waals surface area contributed by atoms with E-state index in [2.05, 4.69) is 31.7 Å². The highest BCUT2D eigenvalue weighted by molar-refractivity contribution is 7.80. The van der Waals surface area contributed by atoms with Crippen LogP contribution in [-0.2, 0) is 0 Å². The fourth-order valence-electron chi connectivity index (χ4n) is 1.22. The zero-order chi connectivity index (χ0) is 8.72. The predicted octanol–water partition coefficient (Wildman–Crippen LogP) is 4.15. The van der Waals surface area contributed by atoms with Crippen molar-refractivity contribution >= 4 is 45.7 Å². The van der Waals surface area contributed by atoms with E-state index in [0.29, 0.717) is 0 Å². The van der Waals surface area contributed by atoms with Crippen LogP contribution in [0.5, 0.6) is 0 Å². The Hall–Kier alpha value is -0.180. The first-order valence-corrected chi connectivity index (χ1v) is 5.19. The van der Waals surface area contributed by atoms with Crippen LogP contribution in [0.15, 0.2) is 23.1 Å². The highest BCUT2D eigenvalue weighted by Crippen LogP contribution is 2.33. The summed E-state index contributed by atoms with van der Waals surface area (Å²) in [5.41, 5.74) is 1.23. The van der Waals surface area contributed by atoms with Gasteiger partial charge in [0, 0.05) is 15.0 Å². The Morgan fingerprint density at radius 3 is 2.83 bits per heavy atom. The number of thiophene rings is 1. The Morgan fingerprint density at radius 2 is 2.08 bits per heavy atom. The summed E-state index contributed by atoms with van der Waals surface area (Å²) in [6.45, 7) is 2.06. The third-order valence-electron chi connectivity index (χ3n) is 1.73. The van der Waals surface area contributed by atoms with Crippen molar-refractivity contribution in [1.82, 2.24) is 0 Å². The summed E-state index contributed by atoms with van der Waals surface area (Å²) in [5, 5.41) is 1.15. The molecule has 0 amide bonds. The van der Waals surface area contributed by atoms with Gasteiger partial charge in [0.25, 0.3) is 0 Å². The SMILES string of the molecule is Cc1cc(S)c2cc(Cl)sc2c1. The quantitative estimate of drug-likeness (QED) is 0.626. The van der Waals surface area contributed by atoms with Gasteiger partial charge in [-0.3, -0.25) is 0 Å². The Morgan fingerprint density at radius 1 is 1.33 bits per heavy atom. The lowest BCUT2D eigenvalue weighted by Crippen LogP contribution is -1.72. The maximum absolute atomic E-state index is 5.89. The van der Waals surface area contributed by atoms with Crippen molar-refractivity contribution in [3.05, 3.63) is 28.1 Å². The molecule has 0 spiro atoms. The van der Waals surface area contributed by atoms with Gasteiger partial charge in [-0.2, -0.15) is 0 Å². The van der Waals surface area contributed by atoms with Crippen LogP contribution in [0.4, 0.5) is 0 Å². The van der Waals surface area contributed by atoms with Crippen LogP contribution in [0.1, 0.15) is 5.56 Å². The molecule has 2 aromatic rings. The molecule has 0 aliphatic heterocycles. The second-order valence-electron chi connectivity index (χ2n) is 2.75. The molecule has 0 fully saturated rings. The van der Waals surface area contributed by atoms with E-state index in [-0.39, 0.29) is 0 Å². The zero-order valence-corrected chi connectivity index (χ0v) is 8.93. The predicted molar refractivity (Wildman–Crippen MR) is 58.8 cm³/mol. The van der Waals surface area contributed by atoms with E-state index < -0.39 is 0 Å². The monoisotopic (exact) mass is 214 g/mol. The molecule has 0 atom stereocenters. The number of rotatable bonds is 0. The second kappa shape index (κ2) is 2.95. The highest BCUT2D eigenvalue weighted by Gasteiger charge is 2.03. The van der Waals surface area contributed by atoms with Crippen LogP contribution in [0.3, 0.4) is 0 Å². The summed E-state index contributed by atoms with van der Waals surface area (Å²) in [7, 11) is 0. The van der Waals surface area contributed by atoms with Gasteiger partial charge < -0.3 is 0 Å². The minimum absolute atomic E-state index is 0.825. The van der Waals surface area contributed by atoms with Crippen molar-refractivity contribution in [3.63, 3.8) is 0 Å². The standard InChI is InChI=1S/C9H7ClS2/c1-5-2-7(11)6-4-9(10)12-8(6)3-5/h2-4,11H,1H3. The second-order valence-corrected chi connectivity index (χ2v) is 4.94. The minimum Gasteiger partial charge on any atom is -0.143 e. The van der Waals surface area contributed by atoms with Crippen LogP contribution in [0, 0.1) is 6.92 Å². The molecule has 2 rings (SSSR count). The van der Waals surface area contributed by atoms with E-state index in [1.165, 1.54) is 10.3 Å². The Balaban J connectivity index is 2.88. The van der Waals surface area contributed by atoms with Gasteiger partial charge in [-0.1, -0.05) is 11.6 Å². The molecule has 0 aliphatic rings. The third-order valence-corrected chi connectivity index (χ3v) is 3.31. The van der Waals surface area contributed by atoms with Gasteiger partial charge in [0.2, 0.25) is 0 Å². The largest absolute Gasteiger partial charge is 0.143 e. The van der Waals surface area contributed by atoms with Gasteiger partial charge in [-0.15, -0.1) is 24.0 Å². The Labute approximate surface area is 85.6 Å². The molecule has 0 aliphatic carbocycles. The molecule has 1 heterocycles. The molecular formula is C9H7ClS2. The minimum atomic E-state index is 0.825. The first-order chi connectivity index (χ1) is 5.66. The average molecular weight is 215 g/mol. The van der Waals surface area contributed by atoms with Crippen molar-refractivity contribution in [2.75, 3.05) is 0 Å². The van der Waals surface area contributed by atoms with E-state index in [4.69, 9.17) is 11.6 Å². The zero-order valence-electron chi connectivity index (χ0n) is 6.47. The number of hydrogen-bond acceptors (Lipinski definition) is 2. The van der Waals surface area contributed by atoms with Crippen molar-refractivity contribution in [2.24, 2.45) is 0 Å². The van der Waals surface area contributed by atoms with Crippen LogP contribution in [0.2, 0.25) is 4.34 Å². The van der Waals surface area contributed by atoms with E-state index in [0.717, 1.165) is 14.6 Å². The lowest BCUT2D eigenvalue weighted by atomic mass is 10.2. The molecule has 0 N–H and O–H groups in total. The van der Waals surface area contributed by atoms with Gasteiger partial charge in [0.1, 0.15) is 0 Å². The maximum Gasteiger partial charge on any atom is 0.0941 e. The molecule has 0 nitrogen and oxygen atoms in total. The van der Waals surface area contributed by atoms with E-state index in [1.807, 2.05) is 6.07 Å². The van der Waals surface area contributed by atoms with Crippen LogP contribution in [-0.4, -0.2) is 0 Å². The molecular weight excluding hydrogens is 208 g/mol. The van der Waals surface area contributed by atoms with E-state index in [9.17, 15) is 0 Å². The number of thiol groups is 1. The molecule has 12 heavy (non-hydrogen) atoms. The number of fused-ring (bicyclic) bond motifs is 1.